The molecule has 1 aromatic heterocycles. The topological polar surface area (TPSA) is 75.6 Å². The summed E-state index contributed by atoms with van der Waals surface area (Å²) in [6.07, 6.45) is 1.02. The lowest BCUT2D eigenvalue weighted by Gasteiger charge is -2.35. The third-order valence-corrected chi connectivity index (χ3v) is 5.29. The summed E-state index contributed by atoms with van der Waals surface area (Å²) in [5.74, 6) is -0.0849. The molecule has 4 rings (SSSR count). The van der Waals surface area contributed by atoms with Crippen LogP contribution < -0.4 is 0 Å². The van der Waals surface area contributed by atoms with Gasteiger partial charge in [0.15, 0.2) is 5.69 Å². The predicted molar refractivity (Wildman–Crippen MR) is 91.2 cm³/mol. The number of amides is 2. The van der Waals surface area contributed by atoms with Crippen LogP contribution in [-0.4, -0.2) is 57.1 Å². The lowest BCUT2D eigenvalue weighted by molar-refractivity contribution is 0.0653. The van der Waals surface area contributed by atoms with Gasteiger partial charge in [0.2, 0.25) is 0 Å². The zero-order valence-electron chi connectivity index (χ0n) is 13.6. The van der Waals surface area contributed by atoms with Crippen LogP contribution in [0, 0.1) is 0 Å². The number of likely N-dealkylation sites (tertiary alicyclic amines) is 1. The number of hydrogen-bond acceptors (Lipinski definition) is 6. The molecule has 0 radical (unpaired) electrons. The van der Waals surface area contributed by atoms with E-state index < -0.39 is 0 Å². The number of carbonyl (C=O) groups is 2. The van der Waals surface area contributed by atoms with Crippen molar-refractivity contribution in [2.24, 2.45) is 0 Å². The highest BCUT2D eigenvalue weighted by molar-refractivity contribution is 7.03. The number of cyclic esters (lactones) is 1. The maximum atomic E-state index is 12.3. The van der Waals surface area contributed by atoms with Crippen LogP contribution in [0.2, 0.25) is 0 Å². The van der Waals surface area contributed by atoms with E-state index >= 15 is 0 Å². The maximum Gasteiger partial charge on any atom is 0.410 e. The normalized spacial score (nSPS) is 21.4. The number of hydrogen-bond donors (Lipinski definition) is 0. The first kappa shape index (κ1) is 16.0. The third kappa shape index (κ3) is 3.21. The lowest BCUT2D eigenvalue weighted by Crippen LogP contribution is -2.47. The first-order valence-corrected chi connectivity index (χ1v) is 9.14. The number of carbonyl (C=O) groups excluding carboxylic acids is 2. The average Bonchev–Trinajstić information content (AvgIpc) is 3.32. The Morgan fingerprint density at radius 2 is 1.96 bits per heavy atom. The van der Waals surface area contributed by atoms with Crippen LogP contribution in [-0.2, 0) is 4.74 Å². The fourth-order valence-corrected chi connectivity index (χ4v) is 3.85. The second kappa shape index (κ2) is 6.79. The van der Waals surface area contributed by atoms with Crippen LogP contribution in [0.3, 0.4) is 0 Å². The number of rotatable bonds is 3. The number of ether oxygens (including phenoxy) is 1. The first-order chi connectivity index (χ1) is 12.2. The zero-order chi connectivity index (χ0) is 17.2. The van der Waals surface area contributed by atoms with Gasteiger partial charge in [-0.1, -0.05) is 34.8 Å². The minimum absolute atomic E-state index is 0.0849. The summed E-state index contributed by atoms with van der Waals surface area (Å²) >= 11 is 1.17. The molecule has 0 spiro atoms. The van der Waals surface area contributed by atoms with Crippen LogP contribution >= 0.6 is 11.5 Å². The maximum absolute atomic E-state index is 12.3. The second-order valence-electron chi connectivity index (χ2n) is 6.25. The van der Waals surface area contributed by atoms with Crippen molar-refractivity contribution in [2.75, 3.05) is 19.6 Å². The van der Waals surface area contributed by atoms with Gasteiger partial charge in [-0.3, -0.25) is 4.79 Å². The summed E-state index contributed by atoms with van der Waals surface area (Å²) in [4.78, 5) is 28.2. The van der Waals surface area contributed by atoms with Crippen molar-refractivity contribution < 1.29 is 14.3 Å². The molecule has 25 heavy (non-hydrogen) atoms. The van der Waals surface area contributed by atoms with Gasteiger partial charge in [-0.25, -0.2) is 4.79 Å². The number of benzene rings is 1. The second-order valence-corrected chi connectivity index (χ2v) is 6.86. The molecule has 1 unspecified atom stereocenters. The molecule has 2 aliphatic rings. The quantitative estimate of drug-likeness (QED) is 0.842. The summed E-state index contributed by atoms with van der Waals surface area (Å²) < 4.78 is 9.27. The molecule has 1 aromatic carbocycles. The molecule has 2 aliphatic heterocycles. The van der Waals surface area contributed by atoms with Gasteiger partial charge in [-0.15, -0.1) is 5.10 Å². The van der Waals surface area contributed by atoms with Gasteiger partial charge < -0.3 is 14.5 Å². The van der Waals surface area contributed by atoms with Gasteiger partial charge in [0.05, 0.1) is 6.54 Å². The molecule has 1 atom stereocenters. The molecule has 0 N–H and O–H groups in total. The molecule has 2 aromatic rings. The van der Waals surface area contributed by atoms with Gasteiger partial charge in [-0.2, -0.15) is 0 Å². The van der Waals surface area contributed by atoms with E-state index in [1.807, 2.05) is 35.2 Å². The summed E-state index contributed by atoms with van der Waals surface area (Å²) in [5.41, 5.74) is 1.41. The molecule has 8 heteroatoms. The smallest absolute Gasteiger partial charge is 0.410 e. The van der Waals surface area contributed by atoms with Crippen molar-refractivity contribution in [1.29, 1.82) is 0 Å². The van der Waals surface area contributed by atoms with Crippen LogP contribution in [0.4, 0.5) is 4.79 Å². The molecular weight excluding hydrogens is 340 g/mol. The highest BCUT2D eigenvalue weighted by atomic mass is 32.1. The first-order valence-electron chi connectivity index (χ1n) is 8.31. The monoisotopic (exact) mass is 358 g/mol. The predicted octanol–water partition coefficient (Wildman–Crippen LogP) is 2.34. The number of piperidine rings is 1. The Balaban J connectivity index is 1.36. The van der Waals surface area contributed by atoms with E-state index in [2.05, 4.69) is 9.59 Å². The fraction of sp³-hybridized carbons (Fsp3) is 0.412. The summed E-state index contributed by atoms with van der Waals surface area (Å²) in [5, 5.41) is 5.50. The Labute approximate surface area is 149 Å². The van der Waals surface area contributed by atoms with Gasteiger partial charge in [0, 0.05) is 24.5 Å². The van der Waals surface area contributed by atoms with Gasteiger partial charge in [0.25, 0.3) is 5.91 Å². The van der Waals surface area contributed by atoms with E-state index in [0.29, 0.717) is 25.3 Å². The minimum Gasteiger partial charge on any atom is -0.439 e. The van der Waals surface area contributed by atoms with Crippen molar-refractivity contribution in [3.63, 3.8) is 0 Å². The van der Waals surface area contributed by atoms with E-state index in [1.54, 1.807) is 10.3 Å². The zero-order valence-corrected chi connectivity index (χ0v) is 14.4. The van der Waals surface area contributed by atoms with Crippen molar-refractivity contribution in [3.8, 4) is 0 Å². The Morgan fingerprint density at radius 3 is 2.64 bits per heavy atom. The van der Waals surface area contributed by atoms with Gasteiger partial charge in [0.1, 0.15) is 6.10 Å². The molecule has 0 aliphatic carbocycles. The minimum atomic E-state index is -0.262. The average molecular weight is 358 g/mol. The van der Waals surface area contributed by atoms with E-state index in [1.165, 1.54) is 11.5 Å². The van der Waals surface area contributed by atoms with Crippen molar-refractivity contribution in [3.05, 3.63) is 47.0 Å². The largest absolute Gasteiger partial charge is 0.439 e. The van der Waals surface area contributed by atoms with Crippen LogP contribution in [0.5, 0.6) is 0 Å². The SMILES string of the molecule is O=C(c1csnn1)N1CCC(N2CC(c3ccccc3)OC2=O)CC1. The van der Waals surface area contributed by atoms with Crippen LogP contribution in [0.25, 0.3) is 0 Å². The third-order valence-electron chi connectivity index (χ3n) is 4.78. The molecule has 2 fully saturated rings. The highest BCUT2D eigenvalue weighted by Gasteiger charge is 2.38. The summed E-state index contributed by atoms with van der Waals surface area (Å²) in [7, 11) is 0. The van der Waals surface area contributed by atoms with Gasteiger partial charge in [-0.05, 0) is 29.9 Å². The molecule has 2 saturated heterocycles. The van der Waals surface area contributed by atoms with E-state index in [-0.39, 0.29) is 24.1 Å². The van der Waals surface area contributed by atoms with E-state index in [4.69, 9.17) is 4.74 Å². The Kier molecular flexibility index (Phi) is 4.35. The lowest BCUT2D eigenvalue weighted by atomic mass is 10.0. The fourth-order valence-electron chi connectivity index (χ4n) is 3.42. The molecule has 3 heterocycles. The Morgan fingerprint density at radius 1 is 1.20 bits per heavy atom. The highest BCUT2D eigenvalue weighted by Crippen LogP contribution is 2.30. The van der Waals surface area contributed by atoms with Crippen LogP contribution in [0.1, 0.15) is 35.0 Å². The summed E-state index contributed by atoms with van der Waals surface area (Å²) in [6, 6.07) is 9.91. The van der Waals surface area contributed by atoms with Crippen molar-refractivity contribution in [1.82, 2.24) is 19.4 Å². The van der Waals surface area contributed by atoms with Crippen molar-refractivity contribution in [2.45, 2.75) is 25.0 Å². The van der Waals surface area contributed by atoms with Crippen LogP contribution in [0.15, 0.2) is 35.7 Å². The van der Waals surface area contributed by atoms with E-state index in [9.17, 15) is 9.59 Å². The number of nitrogens with zero attached hydrogens (tertiary/aromatic N) is 4. The molecule has 0 bridgehead atoms. The molecule has 7 nitrogen and oxygen atoms in total. The van der Waals surface area contributed by atoms with Crippen molar-refractivity contribution >= 4 is 23.5 Å². The Hall–Kier alpha value is -2.48. The van der Waals surface area contributed by atoms with Gasteiger partial charge >= 0.3 is 6.09 Å². The Bertz CT molecular complexity index is 745. The number of aromatic nitrogens is 2. The standard InChI is InChI=1S/C17H18N4O3S/c22-16(14-11-25-19-18-14)20-8-6-13(7-9-20)21-10-15(24-17(21)23)12-4-2-1-3-5-12/h1-5,11,13,15H,6-10H2. The summed E-state index contributed by atoms with van der Waals surface area (Å²) in [6.45, 7) is 1.79. The van der Waals surface area contributed by atoms with E-state index in [0.717, 1.165) is 18.4 Å². The molecule has 0 saturated carbocycles. The molecular formula is C17H18N4O3S. The molecule has 130 valence electrons. The molecule has 2 amide bonds.